The van der Waals surface area contributed by atoms with E-state index >= 15 is 0 Å². The van der Waals surface area contributed by atoms with Crippen molar-refractivity contribution in [2.24, 2.45) is 7.05 Å². The van der Waals surface area contributed by atoms with Crippen molar-refractivity contribution < 1.29 is 4.79 Å². The summed E-state index contributed by atoms with van der Waals surface area (Å²) in [5.74, 6) is -0.0625. The molecule has 1 N–H and O–H groups in total. The van der Waals surface area contributed by atoms with Crippen LogP contribution in [0.5, 0.6) is 0 Å². The second-order valence-corrected chi connectivity index (χ2v) is 6.40. The minimum atomic E-state index is -0.0625. The molecule has 0 bridgehead atoms. The zero-order valence-electron chi connectivity index (χ0n) is 13.9. The summed E-state index contributed by atoms with van der Waals surface area (Å²) in [5.41, 5.74) is 4.68. The lowest BCUT2D eigenvalue weighted by Crippen LogP contribution is -2.31. The van der Waals surface area contributed by atoms with Gasteiger partial charge in [-0.05, 0) is 38.3 Å². The number of pyridine rings is 1. The third-order valence-electron chi connectivity index (χ3n) is 4.84. The van der Waals surface area contributed by atoms with Crippen molar-refractivity contribution in [2.45, 2.75) is 32.2 Å². The molecule has 2 heterocycles. The first-order valence-corrected chi connectivity index (χ1v) is 8.31. The maximum atomic E-state index is 12.8. The standard InChI is InChI=1S/C19H20N4O/c1-12-14(10-13-6-3-4-7-16(13)21-12)19(24)22-17-8-5-9-18-15(17)11-20-23(18)2/h3-4,6-7,10-11,17H,5,8-9H2,1-2H3,(H,22,24)/t17-/m0/s1. The summed E-state index contributed by atoms with van der Waals surface area (Å²) in [6.45, 7) is 1.89. The van der Waals surface area contributed by atoms with E-state index in [1.165, 1.54) is 5.69 Å². The van der Waals surface area contributed by atoms with E-state index in [0.29, 0.717) is 5.56 Å². The molecule has 0 unspecified atom stereocenters. The second-order valence-electron chi connectivity index (χ2n) is 6.40. The Labute approximate surface area is 140 Å². The summed E-state index contributed by atoms with van der Waals surface area (Å²) in [4.78, 5) is 17.4. The Hall–Kier alpha value is -2.69. The number of amides is 1. The molecule has 0 fully saturated rings. The fourth-order valence-electron chi connectivity index (χ4n) is 3.53. The van der Waals surface area contributed by atoms with Gasteiger partial charge in [-0.15, -0.1) is 0 Å². The molecule has 0 spiro atoms. The number of para-hydroxylation sites is 1. The monoisotopic (exact) mass is 320 g/mol. The maximum Gasteiger partial charge on any atom is 0.253 e. The van der Waals surface area contributed by atoms with Gasteiger partial charge in [-0.25, -0.2) is 0 Å². The summed E-state index contributed by atoms with van der Waals surface area (Å²) in [6.07, 6.45) is 4.91. The molecule has 0 saturated carbocycles. The summed E-state index contributed by atoms with van der Waals surface area (Å²) in [7, 11) is 1.96. The predicted octanol–water partition coefficient (Wildman–Crippen LogP) is 3.08. The minimum absolute atomic E-state index is 0.0285. The molecular formula is C19H20N4O. The van der Waals surface area contributed by atoms with Crippen LogP contribution in [0.1, 0.15) is 46.2 Å². The molecule has 1 amide bonds. The first-order chi connectivity index (χ1) is 11.6. The molecular weight excluding hydrogens is 300 g/mol. The highest BCUT2D eigenvalue weighted by Crippen LogP contribution is 2.29. The second kappa shape index (κ2) is 5.74. The normalized spacial score (nSPS) is 16.8. The highest BCUT2D eigenvalue weighted by atomic mass is 16.1. The van der Waals surface area contributed by atoms with E-state index in [4.69, 9.17) is 0 Å². The van der Waals surface area contributed by atoms with Crippen molar-refractivity contribution in [3.8, 4) is 0 Å². The number of fused-ring (bicyclic) bond motifs is 2. The van der Waals surface area contributed by atoms with E-state index < -0.39 is 0 Å². The number of aryl methyl sites for hydroxylation is 2. The van der Waals surface area contributed by atoms with Gasteiger partial charge in [0.1, 0.15) is 0 Å². The van der Waals surface area contributed by atoms with Crippen molar-refractivity contribution in [2.75, 3.05) is 0 Å². The van der Waals surface area contributed by atoms with Crippen LogP contribution in [0.4, 0.5) is 0 Å². The summed E-state index contributed by atoms with van der Waals surface area (Å²) in [6, 6.07) is 9.83. The molecule has 4 rings (SSSR count). The number of carbonyl (C=O) groups excluding carboxylic acids is 1. The highest BCUT2D eigenvalue weighted by Gasteiger charge is 2.25. The third kappa shape index (κ3) is 2.46. The van der Waals surface area contributed by atoms with Crippen LogP contribution in [-0.4, -0.2) is 20.7 Å². The summed E-state index contributed by atoms with van der Waals surface area (Å²) in [5, 5.41) is 8.50. The molecule has 5 heteroatoms. The van der Waals surface area contributed by atoms with Gasteiger partial charge < -0.3 is 5.32 Å². The van der Waals surface area contributed by atoms with Gasteiger partial charge in [-0.3, -0.25) is 14.5 Å². The van der Waals surface area contributed by atoms with Crippen LogP contribution in [0.25, 0.3) is 10.9 Å². The molecule has 24 heavy (non-hydrogen) atoms. The van der Waals surface area contributed by atoms with Crippen LogP contribution in [0.15, 0.2) is 36.5 Å². The van der Waals surface area contributed by atoms with Crippen LogP contribution in [0.2, 0.25) is 0 Å². The molecule has 0 radical (unpaired) electrons. The van der Waals surface area contributed by atoms with E-state index in [1.54, 1.807) is 0 Å². The van der Waals surface area contributed by atoms with E-state index in [0.717, 1.165) is 41.4 Å². The average Bonchev–Trinajstić information content (AvgIpc) is 2.96. The number of aromatic nitrogens is 3. The molecule has 5 nitrogen and oxygen atoms in total. The smallest absolute Gasteiger partial charge is 0.253 e. The Kier molecular flexibility index (Phi) is 3.56. The SMILES string of the molecule is Cc1nc2ccccc2cc1C(=O)N[C@H]1CCCc2c1cnn2C. The first-order valence-electron chi connectivity index (χ1n) is 8.31. The maximum absolute atomic E-state index is 12.8. The Morgan fingerprint density at radius 2 is 2.17 bits per heavy atom. The summed E-state index contributed by atoms with van der Waals surface area (Å²) >= 11 is 0. The van der Waals surface area contributed by atoms with Crippen LogP contribution < -0.4 is 5.32 Å². The minimum Gasteiger partial charge on any atom is -0.345 e. The van der Waals surface area contributed by atoms with Crippen molar-refractivity contribution in [1.29, 1.82) is 0 Å². The molecule has 2 aromatic heterocycles. The van der Waals surface area contributed by atoms with Crippen molar-refractivity contribution >= 4 is 16.8 Å². The number of nitrogens with one attached hydrogen (secondary N) is 1. The number of hydrogen-bond donors (Lipinski definition) is 1. The quantitative estimate of drug-likeness (QED) is 0.789. The predicted molar refractivity (Wildman–Crippen MR) is 92.8 cm³/mol. The Morgan fingerprint density at radius 3 is 3.04 bits per heavy atom. The van der Waals surface area contributed by atoms with E-state index in [1.807, 2.05) is 55.2 Å². The topological polar surface area (TPSA) is 59.8 Å². The molecule has 1 aliphatic rings. The van der Waals surface area contributed by atoms with Crippen LogP contribution in [0.3, 0.4) is 0 Å². The number of hydrogen-bond acceptors (Lipinski definition) is 3. The number of carbonyl (C=O) groups is 1. The van der Waals surface area contributed by atoms with Gasteiger partial charge in [0.2, 0.25) is 0 Å². The zero-order valence-corrected chi connectivity index (χ0v) is 13.9. The number of rotatable bonds is 2. The van der Waals surface area contributed by atoms with Gasteiger partial charge in [0, 0.05) is 23.7 Å². The van der Waals surface area contributed by atoms with Gasteiger partial charge in [0.25, 0.3) is 5.91 Å². The molecule has 1 atom stereocenters. The molecule has 1 aromatic carbocycles. The molecule has 122 valence electrons. The van der Waals surface area contributed by atoms with Gasteiger partial charge in [0.15, 0.2) is 0 Å². The zero-order chi connectivity index (χ0) is 16.7. The van der Waals surface area contributed by atoms with Crippen LogP contribution in [-0.2, 0) is 13.5 Å². The van der Waals surface area contributed by atoms with E-state index in [2.05, 4.69) is 15.4 Å². The first kappa shape index (κ1) is 14.9. The Bertz CT molecular complexity index is 928. The van der Waals surface area contributed by atoms with Gasteiger partial charge in [0.05, 0.1) is 29.0 Å². The lowest BCUT2D eigenvalue weighted by atomic mass is 9.92. The Balaban J connectivity index is 1.64. The van der Waals surface area contributed by atoms with Gasteiger partial charge >= 0.3 is 0 Å². The summed E-state index contributed by atoms with van der Waals surface area (Å²) < 4.78 is 1.91. The third-order valence-corrected chi connectivity index (χ3v) is 4.84. The van der Waals surface area contributed by atoms with Crippen molar-refractivity contribution in [1.82, 2.24) is 20.1 Å². The van der Waals surface area contributed by atoms with E-state index in [-0.39, 0.29) is 11.9 Å². The van der Waals surface area contributed by atoms with Crippen molar-refractivity contribution in [3.63, 3.8) is 0 Å². The largest absolute Gasteiger partial charge is 0.345 e. The highest BCUT2D eigenvalue weighted by molar-refractivity contribution is 5.98. The number of nitrogens with zero attached hydrogens (tertiary/aromatic N) is 3. The van der Waals surface area contributed by atoms with Crippen LogP contribution >= 0.6 is 0 Å². The lowest BCUT2D eigenvalue weighted by molar-refractivity contribution is 0.0932. The lowest BCUT2D eigenvalue weighted by Gasteiger charge is -2.24. The van der Waals surface area contributed by atoms with Crippen molar-refractivity contribution in [3.05, 3.63) is 59.0 Å². The fourth-order valence-corrected chi connectivity index (χ4v) is 3.53. The molecule has 0 aliphatic heterocycles. The molecule has 0 saturated heterocycles. The fraction of sp³-hybridized carbons (Fsp3) is 0.316. The molecule has 1 aliphatic carbocycles. The van der Waals surface area contributed by atoms with E-state index in [9.17, 15) is 4.79 Å². The molecule has 3 aromatic rings. The number of benzene rings is 1. The van der Waals surface area contributed by atoms with Gasteiger partial charge in [-0.2, -0.15) is 5.10 Å². The Morgan fingerprint density at radius 1 is 1.33 bits per heavy atom. The van der Waals surface area contributed by atoms with Gasteiger partial charge in [-0.1, -0.05) is 18.2 Å². The van der Waals surface area contributed by atoms with Crippen LogP contribution in [0, 0.1) is 6.92 Å². The average molecular weight is 320 g/mol.